The van der Waals surface area contributed by atoms with Gasteiger partial charge in [0.25, 0.3) is 0 Å². The number of benzene rings is 3. The molecule has 2 aliphatic rings. The standard InChI is InChI=1S/C31H33NO5/c33-30(34)29(18-21-14-16-23(17-15-21)36-19-22-8-2-1-3-9-22)32-31(35)37-20-28-26-12-6-4-10-24(26)25-11-5-7-13-27(25)28/h4-7,10-17,22,28-29H,1-3,8-9,18-20H2,(H,32,35)(H,33,34)/t29-/m0/s1. The van der Waals surface area contributed by atoms with Gasteiger partial charge in [-0.25, -0.2) is 9.59 Å². The SMILES string of the molecule is O=C(N[C@@H](Cc1ccc(OCC2CCCCC2)cc1)C(=O)O)OCC1c2ccccc2-c2ccccc21. The maximum absolute atomic E-state index is 12.6. The molecule has 0 aromatic heterocycles. The Morgan fingerprint density at radius 2 is 1.46 bits per heavy atom. The van der Waals surface area contributed by atoms with E-state index in [1.165, 1.54) is 32.1 Å². The predicted octanol–water partition coefficient (Wildman–Crippen LogP) is 6.18. The third kappa shape index (κ3) is 5.96. The molecule has 1 atom stereocenters. The molecule has 1 saturated carbocycles. The van der Waals surface area contributed by atoms with Crippen LogP contribution in [0.1, 0.15) is 54.7 Å². The zero-order valence-corrected chi connectivity index (χ0v) is 20.9. The van der Waals surface area contributed by atoms with Crippen molar-refractivity contribution in [2.24, 2.45) is 5.92 Å². The van der Waals surface area contributed by atoms with Crippen LogP contribution in [-0.2, 0) is 16.0 Å². The zero-order chi connectivity index (χ0) is 25.6. The minimum absolute atomic E-state index is 0.0809. The Morgan fingerprint density at radius 3 is 2.08 bits per heavy atom. The summed E-state index contributed by atoms with van der Waals surface area (Å²) in [7, 11) is 0. The molecule has 0 radical (unpaired) electrons. The smallest absolute Gasteiger partial charge is 0.407 e. The summed E-state index contributed by atoms with van der Waals surface area (Å²) in [5.41, 5.74) is 5.30. The number of rotatable bonds is 9. The number of fused-ring (bicyclic) bond motifs is 3. The topological polar surface area (TPSA) is 84.9 Å². The van der Waals surface area contributed by atoms with Crippen molar-refractivity contribution in [2.75, 3.05) is 13.2 Å². The number of carboxylic acids is 1. The van der Waals surface area contributed by atoms with Gasteiger partial charge in [-0.05, 0) is 58.7 Å². The fourth-order valence-electron chi connectivity index (χ4n) is 5.51. The summed E-state index contributed by atoms with van der Waals surface area (Å²) in [6, 6.07) is 22.5. The Morgan fingerprint density at radius 1 is 0.838 bits per heavy atom. The molecule has 1 fully saturated rings. The van der Waals surface area contributed by atoms with Gasteiger partial charge in [0.15, 0.2) is 0 Å². The Bertz CT molecular complexity index is 1190. The van der Waals surface area contributed by atoms with E-state index in [0.717, 1.165) is 40.2 Å². The molecule has 0 unspecified atom stereocenters. The summed E-state index contributed by atoms with van der Waals surface area (Å²) in [5.74, 6) is 0.214. The first-order valence-corrected chi connectivity index (χ1v) is 13.1. The maximum atomic E-state index is 12.6. The van der Waals surface area contributed by atoms with Crippen LogP contribution >= 0.6 is 0 Å². The van der Waals surface area contributed by atoms with E-state index >= 15 is 0 Å². The minimum atomic E-state index is -1.11. The van der Waals surface area contributed by atoms with Gasteiger partial charge in [0.05, 0.1) is 6.61 Å². The molecule has 5 rings (SSSR count). The number of amides is 1. The van der Waals surface area contributed by atoms with E-state index in [0.29, 0.717) is 5.92 Å². The van der Waals surface area contributed by atoms with Crippen LogP contribution in [0.2, 0.25) is 0 Å². The Labute approximate surface area is 217 Å². The van der Waals surface area contributed by atoms with Crippen LogP contribution in [0.5, 0.6) is 5.75 Å². The van der Waals surface area contributed by atoms with Crippen molar-refractivity contribution in [3.8, 4) is 16.9 Å². The van der Waals surface area contributed by atoms with Gasteiger partial charge in [-0.2, -0.15) is 0 Å². The molecule has 0 aliphatic heterocycles. The van der Waals surface area contributed by atoms with Crippen molar-refractivity contribution in [3.05, 3.63) is 89.5 Å². The van der Waals surface area contributed by atoms with E-state index in [2.05, 4.69) is 17.4 Å². The van der Waals surface area contributed by atoms with Crippen molar-refractivity contribution in [1.82, 2.24) is 5.32 Å². The lowest BCUT2D eigenvalue weighted by atomic mass is 9.90. The number of carbonyl (C=O) groups is 2. The summed E-state index contributed by atoms with van der Waals surface area (Å²) in [4.78, 5) is 24.5. The Hall–Kier alpha value is -3.80. The lowest BCUT2D eigenvalue weighted by Gasteiger charge is -2.21. The van der Waals surface area contributed by atoms with E-state index in [1.54, 1.807) is 0 Å². The van der Waals surface area contributed by atoms with Gasteiger partial charge in [-0.1, -0.05) is 79.9 Å². The molecule has 6 nitrogen and oxygen atoms in total. The molecular formula is C31H33NO5. The van der Waals surface area contributed by atoms with Crippen LogP contribution in [0, 0.1) is 5.92 Å². The van der Waals surface area contributed by atoms with Crippen LogP contribution in [0.25, 0.3) is 11.1 Å². The number of carboxylic acid groups (broad SMARTS) is 1. The summed E-state index contributed by atoms with van der Waals surface area (Å²) in [5, 5.41) is 12.2. The van der Waals surface area contributed by atoms with Crippen LogP contribution in [0.3, 0.4) is 0 Å². The number of aliphatic carboxylic acids is 1. The third-order valence-corrected chi connectivity index (χ3v) is 7.51. The monoisotopic (exact) mass is 499 g/mol. The summed E-state index contributed by atoms with van der Waals surface area (Å²) in [6.07, 6.45) is 5.74. The number of hydrogen-bond acceptors (Lipinski definition) is 4. The first-order valence-electron chi connectivity index (χ1n) is 13.1. The van der Waals surface area contributed by atoms with Crippen LogP contribution in [0.15, 0.2) is 72.8 Å². The largest absolute Gasteiger partial charge is 0.493 e. The fourth-order valence-corrected chi connectivity index (χ4v) is 5.51. The molecule has 0 saturated heterocycles. The Balaban J connectivity index is 1.15. The molecule has 2 N–H and O–H groups in total. The van der Waals surface area contributed by atoms with Gasteiger partial charge in [0.1, 0.15) is 18.4 Å². The maximum Gasteiger partial charge on any atom is 0.407 e. The summed E-state index contributed by atoms with van der Waals surface area (Å²) < 4.78 is 11.5. The van der Waals surface area contributed by atoms with Gasteiger partial charge in [0, 0.05) is 12.3 Å². The lowest BCUT2D eigenvalue weighted by Crippen LogP contribution is -2.42. The van der Waals surface area contributed by atoms with E-state index in [1.807, 2.05) is 60.7 Å². The average molecular weight is 500 g/mol. The second-order valence-corrected chi connectivity index (χ2v) is 10.0. The second kappa shape index (κ2) is 11.5. The van der Waals surface area contributed by atoms with E-state index < -0.39 is 18.1 Å². The highest BCUT2D eigenvalue weighted by atomic mass is 16.5. The molecule has 3 aromatic rings. The first-order chi connectivity index (χ1) is 18.1. The molecular weight excluding hydrogens is 466 g/mol. The molecule has 0 bridgehead atoms. The van der Waals surface area contributed by atoms with Gasteiger partial charge in [-0.3, -0.25) is 0 Å². The van der Waals surface area contributed by atoms with Gasteiger partial charge >= 0.3 is 12.1 Å². The number of alkyl carbamates (subject to hydrolysis) is 1. The van der Waals surface area contributed by atoms with E-state index in [-0.39, 0.29) is 18.9 Å². The molecule has 0 spiro atoms. The Kier molecular flexibility index (Phi) is 7.73. The quantitative estimate of drug-likeness (QED) is 0.367. The molecule has 3 aromatic carbocycles. The summed E-state index contributed by atoms with van der Waals surface area (Å²) in [6.45, 7) is 0.861. The zero-order valence-electron chi connectivity index (χ0n) is 20.9. The lowest BCUT2D eigenvalue weighted by molar-refractivity contribution is -0.139. The van der Waals surface area contributed by atoms with Crippen LogP contribution in [-0.4, -0.2) is 36.4 Å². The van der Waals surface area contributed by atoms with Gasteiger partial charge in [0.2, 0.25) is 0 Å². The molecule has 192 valence electrons. The molecule has 0 heterocycles. The average Bonchev–Trinajstić information content (AvgIpc) is 3.25. The highest BCUT2D eigenvalue weighted by molar-refractivity contribution is 5.81. The molecule has 1 amide bonds. The van der Waals surface area contributed by atoms with E-state index in [9.17, 15) is 14.7 Å². The molecule has 2 aliphatic carbocycles. The highest BCUT2D eigenvalue weighted by Crippen LogP contribution is 2.44. The predicted molar refractivity (Wildman–Crippen MR) is 142 cm³/mol. The third-order valence-electron chi connectivity index (χ3n) is 7.51. The van der Waals surface area contributed by atoms with Crippen molar-refractivity contribution in [2.45, 2.75) is 50.5 Å². The number of nitrogens with one attached hydrogen (secondary N) is 1. The van der Waals surface area contributed by atoms with Crippen molar-refractivity contribution < 1.29 is 24.2 Å². The summed E-state index contributed by atoms with van der Waals surface area (Å²) >= 11 is 0. The number of ether oxygens (including phenoxy) is 2. The van der Waals surface area contributed by atoms with Crippen molar-refractivity contribution >= 4 is 12.1 Å². The number of carbonyl (C=O) groups excluding carboxylic acids is 1. The van der Waals surface area contributed by atoms with Gasteiger partial charge < -0.3 is 19.9 Å². The minimum Gasteiger partial charge on any atom is -0.493 e. The van der Waals surface area contributed by atoms with Crippen molar-refractivity contribution in [3.63, 3.8) is 0 Å². The highest BCUT2D eigenvalue weighted by Gasteiger charge is 2.29. The molecule has 37 heavy (non-hydrogen) atoms. The fraction of sp³-hybridized carbons (Fsp3) is 0.355. The first kappa shape index (κ1) is 24.9. The van der Waals surface area contributed by atoms with Gasteiger partial charge in [-0.15, -0.1) is 0 Å². The van der Waals surface area contributed by atoms with E-state index in [4.69, 9.17) is 9.47 Å². The number of hydrogen-bond donors (Lipinski definition) is 2. The van der Waals surface area contributed by atoms with Crippen LogP contribution < -0.4 is 10.1 Å². The van der Waals surface area contributed by atoms with Crippen LogP contribution in [0.4, 0.5) is 4.79 Å². The normalized spacial score (nSPS) is 15.9. The molecule has 6 heteroatoms. The van der Waals surface area contributed by atoms with Crippen molar-refractivity contribution in [1.29, 1.82) is 0 Å². The second-order valence-electron chi connectivity index (χ2n) is 10.0.